The van der Waals surface area contributed by atoms with Gasteiger partial charge in [0.05, 0.1) is 12.2 Å². The highest BCUT2D eigenvalue weighted by Gasteiger charge is 2.36. The molecule has 2 amide bonds. The molecule has 0 aromatic heterocycles. The second-order valence-corrected chi connectivity index (χ2v) is 9.04. The standard InChI is InChI=1S/C28H30F2N2O5/c1-18(2)20-7-10-22(11-8-20)37-28(3,26(33)34)17-19-5-4-6-23(15-19)36-14-13-31-27(35)32-25-12-9-21(29)16-24(25)30/h4-12,15-16,18H,13-14,17H2,1-3H3,(H,33,34)(H2,31,32,35). The summed E-state index contributed by atoms with van der Waals surface area (Å²) in [5.41, 5.74) is 0.169. The number of hydrogen-bond donors (Lipinski definition) is 3. The van der Waals surface area contributed by atoms with Crippen LogP contribution in [0.1, 0.15) is 37.8 Å². The van der Waals surface area contributed by atoms with Crippen molar-refractivity contribution in [2.75, 3.05) is 18.5 Å². The fraction of sp³-hybridized carbons (Fsp3) is 0.286. The number of amides is 2. The monoisotopic (exact) mass is 512 g/mol. The minimum Gasteiger partial charge on any atom is -0.492 e. The van der Waals surface area contributed by atoms with Crippen LogP contribution in [0, 0.1) is 11.6 Å². The molecule has 0 heterocycles. The summed E-state index contributed by atoms with van der Waals surface area (Å²) in [7, 11) is 0. The number of ether oxygens (including phenoxy) is 2. The van der Waals surface area contributed by atoms with Crippen LogP contribution in [0.2, 0.25) is 0 Å². The van der Waals surface area contributed by atoms with E-state index in [1.165, 1.54) is 6.92 Å². The molecule has 0 aliphatic carbocycles. The van der Waals surface area contributed by atoms with Crippen molar-refractivity contribution in [1.82, 2.24) is 5.32 Å². The predicted molar refractivity (Wildman–Crippen MR) is 136 cm³/mol. The van der Waals surface area contributed by atoms with Crippen LogP contribution in [0.5, 0.6) is 11.5 Å². The van der Waals surface area contributed by atoms with E-state index >= 15 is 0 Å². The number of hydrogen-bond acceptors (Lipinski definition) is 4. The summed E-state index contributed by atoms with van der Waals surface area (Å²) in [5, 5.41) is 14.7. The van der Waals surface area contributed by atoms with Crippen molar-refractivity contribution in [2.45, 2.75) is 38.7 Å². The Morgan fingerprint density at radius 1 is 1.00 bits per heavy atom. The highest BCUT2D eigenvalue weighted by molar-refractivity contribution is 5.89. The molecule has 0 saturated heterocycles. The van der Waals surface area contributed by atoms with Gasteiger partial charge in [0.2, 0.25) is 5.60 Å². The first-order valence-corrected chi connectivity index (χ1v) is 11.8. The maximum atomic E-state index is 13.6. The van der Waals surface area contributed by atoms with E-state index in [9.17, 15) is 23.5 Å². The third kappa shape index (κ3) is 7.93. The molecular weight excluding hydrogens is 482 g/mol. The van der Waals surface area contributed by atoms with Crippen LogP contribution in [0.25, 0.3) is 0 Å². The summed E-state index contributed by atoms with van der Waals surface area (Å²) in [5.74, 6) is -1.42. The highest BCUT2D eigenvalue weighted by Crippen LogP contribution is 2.26. The van der Waals surface area contributed by atoms with E-state index < -0.39 is 29.2 Å². The van der Waals surface area contributed by atoms with Gasteiger partial charge in [-0.1, -0.05) is 38.1 Å². The second kappa shape index (κ2) is 12.2. The van der Waals surface area contributed by atoms with E-state index in [-0.39, 0.29) is 25.3 Å². The number of carbonyl (C=O) groups excluding carboxylic acids is 1. The summed E-state index contributed by atoms with van der Waals surface area (Å²) in [6.45, 7) is 5.89. The molecule has 7 nitrogen and oxygen atoms in total. The predicted octanol–water partition coefficient (Wildman–Crippen LogP) is 5.75. The first kappa shape index (κ1) is 27.4. The highest BCUT2D eigenvalue weighted by atomic mass is 19.1. The Labute approximate surface area is 214 Å². The van der Waals surface area contributed by atoms with Crippen LogP contribution in [0.4, 0.5) is 19.3 Å². The number of carbonyl (C=O) groups is 2. The van der Waals surface area contributed by atoms with E-state index in [1.54, 1.807) is 36.4 Å². The lowest BCUT2D eigenvalue weighted by molar-refractivity contribution is -0.153. The van der Waals surface area contributed by atoms with E-state index in [2.05, 4.69) is 24.5 Å². The number of nitrogens with one attached hydrogen (secondary N) is 2. The van der Waals surface area contributed by atoms with Gasteiger partial charge >= 0.3 is 12.0 Å². The van der Waals surface area contributed by atoms with Gasteiger partial charge < -0.3 is 25.2 Å². The number of carboxylic acids is 1. The summed E-state index contributed by atoms with van der Waals surface area (Å²) < 4.78 is 38.2. The van der Waals surface area contributed by atoms with Crippen LogP contribution in [-0.4, -0.2) is 35.9 Å². The Kier molecular flexibility index (Phi) is 9.05. The van der Waals surface area contributed by atoms with Crippen LogP contribution in [0.15, 0.2) is 66.7 Å². The molecule has 0 bridgehead atoms. The molecule has 1 unspecified atom stereocenters. The first-order chi connectivity index (χ1) is 17.6. The smallest absolute Gasteiger partial charge is 0.348 e. The molecular formula is C28H30F2N2O5. The normalized spacial score (nSPS) is 12.5. The number of urea groups is 1. The van der Waals surface area contributed by atoms with E-state index in [0.29, 0.717) is 29.0 Å². The van der Waals surface area contributed by atoms with Gasteiger partial charge in [0.25, 0.3) is 0 Å². The van der Waals surface area contributed by atoms with Gasteiger partial charge in [-0.25, -0.2) is 18.4 Å². The zero-order chi connectivity index (χ0) is 27.0. The second-order valence-electron chi connectivity index (χ2n) is 9.04. The minimum atomic E-state index is -1.51. The molecule has 3 N–H and O–H groups in total. The average molecular weight is 513 g/mol. The van der Waals surface area contributed by atoms with Crippen LogP contribution in [-0.2, 0) is 11.2 Å². The van der Waals surface area contributed by atoms with Gasteiger partial charge in [0.15, 0.2) is 0 Å². The molecule has 0 radical (unpaired) electrons. The van der Waals surface area contributed by atoms with Crippen LogP contribution in [0.3, 0.4) is 0 Å². The zero-order valence-electron chi connectivity index (χ0n) is 20.9. The van der Waals surface area contributed by atoms with Crippen molar-refractivity contribution < 1.29 is 33.0 Å². The van der Waals surface area contributed by atoms with Crippen molar-refractivity contribution in [3.63, 3.8) is 0 Å². The lowest BCUT2D eigenvalue weighted by atomic mass is 9.96. The van der Waals surface area contributed by atoms with E-state index in [0.717, 1.165) is 17.7 Å². The van der Waals surface area contributed by atoms with E-state index in [4.69, 9.17) is 9.47 Å². The topological polar surface area (TPSA) is 96.9 Å². The first-order valence-electron chi connectivity index (χ1n) is 11.8. The summed E-state index contributed by atoms with van der Waals surface area (Å²) in [4.78, 5) is 24.0. The Morgan fingerprint density at radius 3 is 2.38 bits per heavy atom. The fourth-order valence-electron chi connectivity index (χ4n) is 3.56. The van der Waals surface area contributed by atoms with Gasteiger partial charge in [-0.2, -0.15) is 0 Å². The number of carboxylic acid groups (broad SMARTS) is 1. The Bertz CT molecular complexity index is 1230. The number of halogens is 2. The van der Waals surface area contributed by atoms with E-state index in [1.807, 2.05) is 12.1 Å². The number of anilines is 1. The molecule has 1 atom stereocenters. The van der Waals surface area contributed by atoms with Gasteiger partial charge in [-0.05, 0) is 60.4 Å². The average Bonchev–Trinajstić information content (AvgIpc) is 2.84. The number of aliphatic carboxylic acids is 1. The zero-order valence-corrected chi connectivity index (χ0v) is 20.9. The van der Waals surface area contributed by atoms with Crippen molar-refractivity contribution in [1.29, 1.82) is 0 Å². The van der Waals surface area contributed by atoms with Gasteiger partial charge in [0.1, 0.15) is 29.7 Å². The molecule has 0 aliphatic rings. The Balaban J connectivity index is 1.54. The SMILES string of the molecule is CC(C)c1ccc(OC(C)(Cc2cccc(OCCNC(=O)Nc3ccc(F)cc3F)c2)C(=O)O)cc1. The lowest BCUT2D eigenvalue weighted by Gasteiger charge is -2.27. The fourth-order valence-corrected chi connectivity index (χ4v) is 3.56. The molecule has 0 saturated carbocycles. The lowest BCUT2D eigenvalue weighted by Crippen LogP contribution is -2.43. The Morgan fingerprint density at radius 2 is 1.73 bits per heavy atom. The molecule has 0 spiro atoms. The summed E-state index contributed by atoms with van der Waals surface area (Å²) >= 11 is 0. The number of rotatable bonds is 11. The quantitative estimate of drug-likeness (QED) is 0.284. The molecule has 37 heavy (non-hydrogen) atoms. The van der Waals surface area contributed by atoms with Crippen LogP contribution >= 0.6 is 0 Å². The summed E-state index contributed by atoms with van der Waals surface area (Å²) in [6, 6.07) is 16.5. The minimum absolute atomic E-state index is 0.0926. The number of benzene rings is 3. The van der Waals surface area contributed by atoms with Gasteiger partial charge in [-0.15, -0.1) is 0 Å². The molecule has 0 fully saturated rings. The van der Waals surface area contributed by atoms with Crippen molar-refractivity contribution in [3.05, 3.63) is 89.5 Å². The maximum absolute atomic E-state index is 13.6. The molecule has 3 aromatic rings. The third-order valence-corrected chi connectivity index (χ3v) is 5.62. The van der Waals surface area contributed by atoms with Gasteiger partial charge in [-0.3, -0.25) is 0 Å². The van der Waals surface area contributed by atoms with Crippen molar-refractivity contribution >= 4 is 17.7 Å². The van der Waals surface area contributed by atoms with Crippen molar-refractivity contribution in [3.8, 4) is 11.5 Å². The van der Waals surface area contributed by atoms with Gasteiger partial charge in [0, 0.05) is 12.5 Å². The molecule has 3 aromatic carbocycles. The molecule has 196 valence electrons. The van der Waals surface area contributed by atoms with Crippen LogP contribution < -0.4 is 20.1 Å². The Hall–Kier alpha value is -4.14. The third-order valence-electron chi connectivity index (χ3n) is 5.62. The van der Waals surface area contributed by atoms with Crippen molar-refractivity contribution in [2.24, 2.45) is 0 Å². The maximum Gasteiger partial charge on any atom is 0.348 e. The molecule has 9 heteroatoms. The largest absolute Gasteiger partial charge is 0.492 e. The summed E-state index contributed by atoms with van der Waals surface area (Å²) in [6.07, 6.45) is 0.0926. The molecule has 0 aliphatic heterocycles. The molecule has 3 rings (SSSR count).